The van der Waals surface area contributed by atoms with Gasteiger partial charge in [-0.1, -0.05) is 42.0 Å². The number of hydrogen-bond acceptors (Lipinski definition) is 2. The Morgan fingerprint density at radius 2 is 1.85 bits per heavy atom. The quantitative estimate of drug-likeness (QED) is 0.500. The highest BCUT2D eigenvalue weighted by Crippen LogP contribution is 2.27. The minimum Gasteiger partial charge on any atom is -0.384 e. The van der Waals surface area contributed by atoms with Crippen molar-refractivity contribution in [1.29, 1.82) is 0 Å². The molecule has 2 aromatic heterocycles. The second-order valence-electron chi connectivity index (χ2n) is 6.53. The molecule has 130 valence electrons. The summed E-state index contributed by atoms with van der Waals surface area (Å²) in [6.45, 7) is 2.83. The van der Waals surface area contributed by atoms with Gasteiger partial charge in [0.25, 0.3) is 5.56 Å². The van der Waals surface area contributed by atoms with Crippen LogP contribution in [0.25, 0.3) is 22.2 Å². The first kappa shape index (κ1) is 16.2. The molecule has 4 aromatic rings. The minimum absolute atomic E-state index is 0.0991. The summed E-state index contributed by atoms with van der Waals surface area (Å²) in [4.78, 5) is 18.7. The van der Waals surface area contributed by atoms with Gasteiger partial charge in [0.05, 0.1) is 16.9 Å². The molecule has 0 aliphatic carbocycles. The zero-order chi connectivity index (χ0) is 17.9. The van der Waals surface area contributed by atoms with Gasteiger partial charge >= 0.3 is 0 Å². The van der Waals surface area contributed by atoms with Gasteiger partial charge in [-0.25, -0.2) is 0 Å². The van der Waals surface area contributed by atoms with Crippen LogP contribution in [0.2, 0.25) is 0 Å². The summed E-state index contributed by atoms with van der Waals surface area (Å²) < 4.78 is 0. The lowest BCUT2D eigenvalue weighted by molar-refractivity contribution is 1.02. The molecule has 0 aliphatic heterocycles. The monoisotopic (exact) mass is 343 g/mol. The second-order valence-corrected chi connectivity index (χ2v) is 6.53. The van der Waals surface area contributed by atoms with Crippen LogP contribution in [0.15, 0.2) is 71.7 Å². The van der Waals surface area contributed by atoms with Gasteiger partial charge < -0.3 is 15.3 Å². The van der Waals surface area contributed by atoms with Crippen LogP contribution in [-0.2, 0) is 6.42 Å². The topological polar surface area (TPSA) is 60.7 Å². The van der Waals surface area contributed by atoms with Gasteiger partial charge in [-0.3, -0.25) is 4.79 Å². The standard InChI is InChI=1S/C22H21N3O/c1-15-7-8-18-17(13-15)14-20(25-18)21-19(10-12-24-22(21)26)23-11-9-16-5-3-2-4-6-16/h2-8,10,12-14,25H,9,11H2,1H3,(H2,23,24,26). The van der Waals surface area contributed by atoms with E-state index in [1.807, 2.05) is 36.4 Å². The minimum atomic E-state index is -0.0991. The molecule has 0 unspecified atom stereocenters. The van der Waals surface area contributed by atoms with E-state index in [0.717, 1.165) is 35.2 Å². The highest BCUT2D eigenvalue weighted by atomic mass is 16.1. The van der Waals surface area contributed by atoms with Gasteiger partial charge in [0, 0.05) is 23.6 Å². The molecule has 4 rings (SSSR count). The number of benzene rings is 2. The molecule has 2 heterocycles. The Hall–Kier alpha value is -3.27. The van der Waals surface area contributed by atoms with E-state index in [1.165, 1.54) is 11.1 Å². The summed E-state index contributed by atoms with van der Waals surface area (Å²) in [6, 6.07) is 20.5. The molecule has 0 amide bonds. The van der Waals surface area contributed by atoms with E-state index in [4.69, 9.17) is 0 Å². The predicted octanol–water partition coefficient (Wildman–Crippen LogP) is 4.49. The summed E-state index contributed by atoms with van der Waals surface area (Å²) in [6.07, 6.45) is 2.59. The average molecular weight is 343 g/mol. The molecule has 2 aromatic carbocycles. The molecule has 0 bridgehead atoms. The van der Waals surface area contributed by atoms with Crippen LogP contribution in [0.3, 0.4) is 0 Å². The van der Waals surface area contributed by atoms with Crippen LogP contribution in [-0.4, -0.2) is 16.5 Å². The number of aryl methyl sites for hydroxylation is 1. The van der Waals surface area contributed by atoms with Crippen LogP contribution in [0.1, 0.15) is 11.1 Å². The maximum Gasteiger partial charge on any atom is 0.259 e. The molecular formula is C22H21N3O. The van der Waals surface area contributed by atoms with E-state index in [-0.39, 0.29) is 5.56 Å². The molecule has 0 atom stereocenters. The zero-order valence-corrected chi connectivity index (χ0v) is 14.7. The van der Waals surface area contributed by atoms with Crippen LogP contribution in [0.4, 0.5) is 5.69 Å². The van der Waals surface area contributed by atoms with Crippen molar-refractivity contribution in [2.75, 3.05) is 11.9 Å². The van der Waals surface area contributed by atoms with Crippen LogP contribution >= 0.6 is 0 Å². The summed E-state index contributed by atoms with van der Waals surface area (Å²) in [5.41, 5.74) is 5.72. The normalized spacial score (nSPS) is 11.0. The van der Waals surface area contributed by atoms with Crippen LogP contribution < -0.4 is 10.9 Å². The van der Waals surface area contributed by atoms with Gasteiger partial charge in [0.1, 0.15) is 0 Å². The molecule has 0 saturated heterocycles. The van der Waals surface area contributed by atoms with Gasteiger partial charge in [0.2, 0.25) is 0 Å². The van der Waals surface area contributed by atoms with E-state index >= 15 is 0 Å². The molecule has 0 fully saturated rings. The van der Waals surface area contributed by atoms with Gasteiger partial charge in [-0.05, 0) is 43.2 Å². The third kappa shape index (κ3) is 3.26. The van der Waals surface area contributed by atoms with Crippen molar-refractivity contribution >= 4 is 16.6 Å². The molecule has 3 N–H and O–H groups in total. The molecule has 26 heavy (non-hydrogen) atoms. The van der Waals surface area contributed by atoms with Crippen LogP contribution in [0, 0.1) is 6.92 Å². The largest absolute Gasteiger partial charge is 0.384 e. The van der Waals surface area contributed by atoms with E-state index < -0.39 is 0 Å². The Kier molecular flexibility index (Phi) is 4.32. The number of fused-ring (bicyclic) bond motifs is 1. The summed E-state index contributed by atoms with van der Waals surface area (Å²) in [5.74, 6) is 0. The first-order valence-corrected chi connectivity index (χ1v) is 8.80. The maximum atomic E-state index is 12.5. The van der Waals surface area contributed by atoms with Crippen molar-refractivity contribution in [3.05, 3.63) is 88.3 Å². The first-order valence-electron chi connectivity index (χ1n) is 8.80. The molecule has 0 aliphatic rings. The maximum absolute atomic E-state index is 12.5. The summed E-state index contributed by atoms with van der Waals surface area (Å²) in [5, 5.41) is 4.53. The Bertz CT molecular complexity index is 1090. The van der Waals surface area contributed by atoms with Gasteiger partial charge in [0.15, 0.2) is 0 Å². The van der Waals surface area contributed by atoms with Crippen molar-refractivity contribution in [2.24, 2.45) is 0 Å². The Labute approximate surface area is 151 Å². The van der Waals surface area contributed by atoms with E-state index in [2.05, 4.69) is 46.5 Å². The molecule has 4 nitrogen and oxygen atoms in total. The number of nitrogens with one attached hydrogen (secondary N) is 3. The number of aromatic amines is 2. The third-order valence-corrected chi connectivity index (χ3v) is 4.58. The zero-order valence-electron chi connectivity index (χ0n) is 14.7. The Morgan fingerprint density at radius 3 is 2.69 bits per heavy atom. The average Bonchev–Trinajstić information content (AvgIpc) is 3.05. The van der Waals surface area contributed by atoms with Crippen molar-refractivity contribution in [3.63, 3.8) is 0 Å². The third-order valence-electron chi connectivity index (χ3n) is 4.58. The number of H-pyrrole nitrogens is 2. The highest BCUT2D eigenvalue weighted by Gasteiger charge is 2.12. The van der Waals surface area contributed by atoms with E-state index in [0.29, 0.717) is 5.56 Å². The fourth-order valence-electron chi connectivity index (χ4n) is 3.27. The Balaban J connectivity index is 1.64. The lowest BCUT2D eigenvalue weighted by atomic mass is 10.1. The van der Waals surface area contributed by atoms with Crippen LogP contribution in [0.5, 0.6) is 0 Å². The summed E-state index contributed by atoms with van der Waals surface area (Å²) >= 11 is 0. The Morgan fingerprint density at radius 1 is 1.00 bits per heavy atom. The second kappa shape index (κ2) is 6.92. The van der Waals surface area contributed by atoms with Crippen molar-refractivity contribution in [2.45, 2.75) is 13.3 Å². The number of rotatable bonds is 5. The van der Waals surface area contributed by atoms with Gasteiger partial charge in [-0.2, -0.15) is 0 Å². The number of pyridine rings is 1. The fraction of sp³-hybridized carbons (Fsp3) is 0.136. The number of hydrogen-bond donors (Lipinski definition) is 3. The molecule has 0 saturated carbocycles. The van der Waals surface area contributed by atoms with Gasteiger partial charge in [-0.15, -0.1) is 0 Å². The molecule has 0 spiro atoms. The fourth-order valence-corrected chi connectivity index (χ4v) is 3.27. The lowest BCUT2D eigenvalue weighted by Crippen LogP contribution is -2.14. The first-order chi connectivity index (χ1) is 12.7. The van der Waals surface area contributed by atoms with Crippen molar-refractivity contribution in [1.82, 2.24) is 9.97 Å². The number of aromatic nitrogens is 2. The lowest BCUT2D eigenvalue weighted by Gasteiger charge is -2.10. The molecule has 4 heteroatoms. The SMILES string of the molecule is Cc1ccc2[nH]c(-c3c(NCCc4ccccc4)cc[nH]c3=O)cc2c1. The smallest absolute Gasteiger partial charge is 0.259 e. The van der Waals surface area contributed by atoms with E-state index in [1.54, 1.807) is 6.20 Å². The number of anilines is 1. The molecule has 0 radical (unpaired) electrons. The van der Waals surface area contributed by atoms with E-state index in [9.17, 15) is 4.79 Å². The predicted molar refractivity (Wildman–Crippen MR) is 108 cm³/mol. The highest BCUT2D eigenvalue weighted by molar-refractivity contribution is 5.88. The molecular weight excluding hydrogens is 322 g/mol. The summed E-state index contributed by atoms with van der Waals surface area (Å²) in [7, 11) is 0. The van der Waals surface area contributed by atoms with Crippen molar-refractivity contribution in [3.8, 4) is 11.3 Å². The van der Waals surface area contributed by atoms with Crippen molar-refractivity contribution < 1.29 is 0 Å².